The van der Waals surface area contributed by atoms with Crippen molar-refractivity contribution >= 4 is 11.6 Å². The summed E-state index contributed by atoms with van der Waals surface area (Å²) in [5.41, 5.74) is 1.72. The lowest BCUT2D eigenvalue weighted by Gasteiger charge is -2.18. The molecule has 0 aromatic heterocycles. The largest absolute Gasteiger partial charge is 0.313 e. The van der Waals surface area contributed by atoms with Crippen LogP contribution in [0.15, 0.2) is 24.3 Å². The van der Waals surface area contributed by atoms with Gasteiger partial charge in [0.25, 0.3) is 0 Å². The Hall–Kier alpha value is -1.75. The summed E-state index contributed by atoms with van der Waals surface area (Å²) in [5, 5.41) is 0. The van der Waals surface area contributed by atoms with Crippen LogP contribution in [0.5, 0.6) is 0 Å². The highest BCUT2D eigenvalue weighted by molar-refractivity contribution is 5.91. The fraction of sp³-hybridized carbons (Fsp3) is 0.250. The fourth-order valence-electron chi connectivity index (χ4n) is 1.32. The topological polar surface area (TPSA) is 20.3 Å². The number of carbonyl (C=O) groups is 1. The van der Waals surface area contributed by atoms with Gasteiger partial charge in [-0.2, -0.15) is 0 Å². The van der Waals surface area contributed by atoms with E-state index in [2.05, 4.69) is 5.92 Å². The molecule has 0 fully saturated rings. The maximum Gasteiger partial charge on any atom is 0.223 e. The summed E-state index contributed by atoms with van der Waals surface area (Å²) in [4.78, 5) is 12.9. The Morgan fingerprint density at radius 2 is 2.00 bits per heavy atom. The third-order valence-corrected chi connectivity index (χ3v) is 2.04. The minimum Gasteiger partial charge on any atom is -0.313 e. The normalized spacial score (nSPS) is 9.21. The average molecular weight is 187 g/mol. The molecule has 2 nitrogen and oxygen atoms in total. The summed E-state index contributed by atoms with van der Waals surface area (Å²) in [6.07, 6.45) is 5.24. The molecule has 0 radical (unpaired) electrons. The SMILES string of the molecule is C#Cc1ccc(N(CC)C(C)=O)cc1. The number of hydrogen-bond donors (Lipinski definition) is 0. The molecule has 0 N–H and O–H groups in total. The van der Waals surface area contributed by atoms with Gasteiger partial charge in [0.05, 0.1) is 0 Å². The van der Waals surface area contributed by atoms with Gasteiger partial charge in [-0.25, -0.2) is 0 Å². The molecule has 14 heavy (non-hydrogen) atoms. The number of benzene rings is 1. The van der Waals surface area contributed by atoms with Gasteiger partial charge < -0.3 is 4.90 Å². The van der Waals surface area contributed by atoms with Gasteiger partial charge in [0, 0.05) is 24.7 Å². The number of carbonyl (C=O) groups excluding carboxylic acids is 1. The van der Waals surface area contributed by atoms with Crippen molar-refractivity contribution in [1.82, 2.24) is 0 Å². The second-order valence-corrected chi connectivity index (χ2v) is 2.95. The van der Waals surface area contributed by atoms with E-state index in [4.69, 9.17) is 6.42 Å². The van der Waals surface area contributed by atoms with E-state index >= 15 is 0 Å². The standard InChI is InChI=1S/C12H13NO/c1-4-11-6-8-12(9-7-11)13(5-2)10(3)14/h1,6-9H,5H2,2-3H3. The van der Waals surface area contributed by atoms with Crippen molar-refractivity contribution in [1.29, 1.82) is 0 Å². The first-order valence-corrected chi connectivity index (χ1v) is 4.53. The van der Waals surface area contributed by atoms with E-state index in [0.29, 0.717) is 6.54 Å². The number of amides is 1. The summed E-state index contributed by atoms with van der Waals surface area (Å²) >= 11 is 0. The van der Waals surface area contributed by atoms with Gasteiger partial charge in [0.15, 0.2) is 0 Å². The van der Waals surface area contributed by atoms with E-state index < -0.39 is 0 Å². The van der Waals surface area contributed by atoms with Gasteiger partial charge in [0.1, 0.15) is 0 Å². The highest BCUT2D eigenvalue weighted by atomic mass is 16.2. The molecule has 2 heteroatoms. The molecule has 0 saturated carbocycles. The van der Waals surface area contributed by atoms with E-state index in [-0.39, 0.29) is 5.91 Å². The fourth-order valence-corrected chi connectivity index (χ4v) is 1.32. The summed E-state index contributed by atoms with van der Waals surface area (Å²) in [5.74, 6) is 2.58. The number of hydrogen-bond acceptors (Lipinski definition) is 1. The summed E-state index contributed by atoms with van der Waals surface area (Å²) in [7, 11) is 0. The summed E-state index contributed by atoms with van der Waals surface area (Å²) < 4.78 is 0. The Balaban J connectivity index is 2.96. The Labute approximate surface area is 84.5 Å². The van der Waals surface area contributed by atoms with Crippen LogP contribution in [0, 0.1) is 12.3 Å². The third-order valence-electron chi connectivity index (χ3n) is 2.04. The van der Waals surface area contributed by atoms with E-state index in [1.54, 1.807) is 11.8 Å². The van der Waals surface area contributed by atoms with E-state index in [9.17, 15) is 4.79 Å². The highest BCUT2D eigenvalue weighted by Gasteiger charge is 2.07. The first-order valence-electron chi connectivity index (χ1n) is 4.53. The molecule has 1 aromatic rings. The van der Waals surface area contributed by atoms with E-state index in [0.717, 1.165) is 11.3 Å². The van der Waals surface area contributed by atoms with Crippen molar-refractivity contribution in [2.45, 2.75) is 13.8 Å². The van der Waals surface area contributed by atoms with Crippen molar-refractivity contribution in [3.8, 4) is 12.3 Å². The predicted molar refractivity (Wildman–Crippen MR) is 58.1 cm³/mol. The van der Waals surface area contributed by atoms with Crippen LogP contribution in [0.1, 0.15) is 19.4 Å². The minimum absolute atomic E-state index is 0.0426. The van der Waals surface area contributed by atoms with Crippen LogP contribution in [0.4, 0.5) is 5.69 Å². The number of terminal acetylenes is 1. The number of nitrogens with zero attached hydrogens (tertiary/aromatic N) is 1. The summed E-state index contributed by atoms with van der Waals surface area (Å²) in [6.45, 7) is 4.17. The zero-order chi connectivity index (χ0) is 10.6. The van der Waals surface area contributed by atoms with Crippen LogP contribution in [0.3, 0.4) is 0 Å². The molecule has 72 valence electrons. The smallest absolute Gasteiger partial charge is 0.223 e. The van der Waals surface area contributed by atoms with Crippen molar-refractivity contribution in [2.75, 3.05) is 11.4 Å². The lowest BCUT2D eigenvalue weighted by atomic mass is 10.2. The van der Waals surface area contributed by atoms with Gasteiger partial charge in [-0.3, -0.25) is 4.79 Å². The molecular weight excluding hydrogens is 174 g/mol. The van der Waals surface area contributed by atoms with Crippen LogP contribution >= 0.6 is 0 Å². The van der Waals surface area contributed by atoms with Gasteiger partial charge in [-0.05, 0) is 31.2 Å². The van der Waals surface area contributed by atoms with E-state index in [1.807, 2.05) is 31.2 Å². The molecule has 0 atom stereocenters. The Kier molecular flexibility index (Phi) is 3.30. The molecule has 0 spiro atoms. The Bertz CT molecular complexity index is 359. The van der Waals surface area contributed by atoms with Crippen LogP contribution < -0.4 is 4.90 Å². The molecule has 0 aliphatic carbocycles. The molecule has 0 aliphatic heterocycles. The van der Waals surface area contributed by atoms with Crippen molar-refractivity contribution < 1.29 is 4.79 Å². The van der Waals surface area contributed by atoms with Gasteiger partial charge in [-0.1, -0.05) is 5.92 Å². The Morgan fingerprint density at radius 3 is 2.36 bits per heavy atom. The van der Waals surface area contributed by atoms with Crippen molar-refractivity contribution in [3.05, 3.63) is 29.8 Å². The maximum atomic E-state index is 11.2. The van der Waals surface area contributed by atoms with Crippen LogP contribution in [0.2, 0.25) is 0 Å². The lowest BCUT2D eigenvalue weighted by Crippen LogP contribution is -2.27. The van der Waals surface area contributed by atoms with Crippen LogP contribution in [-0.4, -0.2) is 12.5 Å². The maximum absolute atomic E-state index is 11.2. The lowest BCUT2D eigenvalue weighted by molar-refractivity contribution is -0.116. The Morgan fingerprint density at radius 1 is 1.43 bits per heavy atom. The monoisotopic (exact) mass is 187 g/mol. The second kappa shape index (κ2) is 4.48. The molecule has 1 rings (SSSR count). The van der Waals surface area contributed by atoms with Gasteiger partial charge in [0.2, 0.25) is 5.91 Å². The molecule has 0 bridgehead atoms. The molecule has 1 amide bonds. The first-order chi connectivity index (χ1) is 6.69. The molecular formula is C12H13NO. The first kappa shape index (κ1) is 10.3. The van der Waals surface area contributed by atoms with Crippen LogP contribution in [0.25, 0.3) is 0 Å². The predicted octanol–water partition coefficient (Wildman–Crippen LogP) is 2.04. The molecule has 1 aromatic carbocycles. The molecule has 0 saturated heterocycles. The van der Waals surface area contributed by atoms with Crippen molar-refractivity contribution in [2.24, 2.45) is 0 Å². The number of anilines is 1. The van der Waals surface area contributed by atoms with Crippen LogP contribution in [-0.2, 0) is 4.79 Å². The molecule has 0 aliphatic rings. The van der Waals surface area contributed by atoms with Gasteiger partial charge in [-0.15, -0.1) is 6.42 Å². The summed E-state index contributed by atoms with van der Waals surface area (Å²) in [6, 6.07) is 7.39. The second-order valence-electron chi connectivity index (χ2n) is 2.95. The quantitative estimate of drug-likeness (QED) is 0.649. The zero-order valence-corrected chi connectivity index (χ0v) is 8.45. The van der Waals surface area contributed by atoms with Gasteiger partial charge >= 0.3 is 0 Å². The average Bonchev–Trinajstić information content (AvgIpc) is 2.19. The zero-order valence-electron chi connectivity index (χ0n) is 8.45. The molecule has 0 heterocycles. The molecule has 0 unspecified atom stereocenters. The third kappa shape index (κ3) is 2.14. The number of rotatable bonds is 2. The van der Waals surface area contributed by atoms with Crippen molar-refractivity contribution in [3.63, 3.8) is 0 Å². The highest BCUT2D eigenvalue weighted by Crippen LogP contribution is 2.14. The van der Waals surface area contributed by atoms with E-state index in [1.165, 1.54) is 0 Å². The minimum atomic E-state index is 0.0426.